The largest absolute Gasteiger partial charge is 0.346 e. The van der Waals surface area contributed by atoms with E-state index in [2.05, 4.69) is 26.3 Å². The molecule has 2 N–H and O–H groups in total. The Kier molecular flexibility index (Phi) is 2.82. The second-order valence-electron chi connectivity index (χ2n) is 4.27. The highest BCUT2D eigenvalue weighted by Gasteiger charge is 2.04. The number of rotatable bonds is 4. The molecule has 3 aromatic heterocycles. The minimum absolute atomic E-state index is 0.760. The zero-order chi connectivity index (χ0) is 12.4. The van der Waals surface area contributed by atoms with Crippen molar-refractivity contribution in [1.29, 1.82) is 0 Å². The van der Waals surface area contributed by atoms with Gasteiger partial charge in [-0.05, 0) is 17.7 Å². The van der Waals surface area contributed by atoms with Crippen LogP contribution in [0.2, 0.25) is 0 Å². The Balaban J connectivity index is 1.68. The molecule has 0 saturated carbocycles. The third kappa shape index (κ3) is 2.00. The third-order valence-corrected chi connectivity index (χ3v) is 3.06. The number of aromatic amines is 1. The van der Waals surface area contributed by atoms with E-state index in [0.29, 0.717) is 0 Å². The summed E-state index contributed by atoms with van der Waals surface area (Å²) in [6.45, 7) is 1.56. The van der Waals surface area contributed by atoms with Gasteiger partial charge in [-0.1, -0.05) is 0 Å². The lowest BCUT2D eigenvalue weighted by molar-refractivity contribution is 0.641. The molecule has 0 aliphatic heterocycles. The number of pyridine rings is 1. The first-order valence-corrected chi connectivity index (χ1v) is 5.92. The van der Waals surface area contributed by atoms with Gasteiger partial charge >= 0.3 is 0 Å². The standard InChI is InChI=1S/C13H15N5/c1-18-6-5-15-12(18)9-14-7-10-8-17-13-11(10)3-2-4-16-13/h2-6,8,14H,7,9H2,1H3,(H,16,17). The monoisotopic (exact) mass is 241 g/mol. The molecule has 0 fully saturated rings. The molecule has 5 nitrogen and oxygen atoms in total. The van der Waals surface area contributed by atoms with Crippen LogP contribution in [0.5, 0.6) is 0 Å². The van der Waals surface area contributed by atoms with E-state index in [0.717, 1.165) is 24.6 Å². The third-order valence-electron chi connectivity index (χ3n) is 3.06. The molecule has 0 saturated heterocycles. The van der Waals surface area contributed by atoms with Gasteiger partial charge in [0, 0.05) is 43.8 Å². The van der Waals surface area contributed by atoms with Gasteiger partial charge in [-0.25, -0.2) is 9.97 Å². The maximum absolute atomic E-state index is 4.28. The van der Waals surface area contributed by atoms with Crippen LogP contribution in [-0.4, -0.2) is 19.5 Å². The summed E-state index contributed by atoms with van der Waals surface area (Å²) in [6.07, 6.45) is 7.56. The van der Waals surface area contributed by atoms with E-state index < -0.39 is 0 Å². The zero-order valence-electron chi connectivity index (χ0n) is 10.2. The molecular weight excluding hydrogens is 226 g/mol. The van der Waals surface area contributed by atoms with Gasteiger partial charge in [0.2, 0.25) is 0 Å². The smallest absolute Gasteiger partial charge is 0.137 e. The van der Waals surface area contributed by atoms with Gasteiger partial charge in [-0.15, -0.1) is 0 Å². The van der Waals surface area contributed by atoms with Gasteiger partial charge in [-0.2, -0.15) is 0 Å². The average molecular weight is 241 g/mol. The van der Waals surface area contributed by atoms with E-state index >= 15 is 0 Å². The molecule has 0 unspecified atom stereocenters. The fraction of sp³-hybridized carbons (Fsp3) is 0.231. The van der Waals surface area contributed by atoms with Crippen LogP contribution in [0.1, 0.15) is 11.4 Å². The number of aryl methyl sites for hydroxylation is 1. The minimum atomic E-state index is 0.760. The van der Waals surface area contributed by atoms with Gasteiger partial charge in [-0.3, -0.25) is 0 Å². The van der Waals surface area contributed by atoms with Crippen molar-refractivity contribution in [1.82, 2.24) is 24.8 Å². The Bertz CT molecular complexity index is 652. The van der Waals surface area contributed by atoms with Crippen molar-refractivity contribution in [2.75, 3.05) is 0 Å². The zero-order valence-corrected chi connectivity index (χ0v) is 10.2. The van der Waals surface area contributed by atoms with Crippen LogP contribution in [0.4, 0.5) is 0 Å². The second-order valence-corrected chi connectivity index (χ2v) is 4.27. The van der Waals surface area contributed by atoms with E-state index in [9.17, 15) is 0 Å². The molecule has 0 atom stereocenters. The van der Waals surface area contributed by atoms with Crippen molar-refractivity contribution in [3.63, 3.8) is 0 Å². The van der Waals surface area contributed by atoms with Gasteiger partial charge in [0.15, 0.2) is 0 Å². The number of nitrogens with one attached hydrogen (secondary N) is 2. The van der Waals surface area contributed by atoms with Crippen molar-refractivity contribution in [2.24, 2.45) is 7.05 Å². The maximum Gasteiger partial charge on any atom is 0.137 e. The van der Waals surface area contributed by atoms with Crippen molar-refractivity contribution in [2.45, 2.75) is 13.1 Å². The lowest BCUT2D eigenvalue weighted by atomic mass is 10.2. The van der Waals surface area contributed by atoms with Crippen LogP contribution in [0, 0.1) is 0 Å². The summed E-state index contributed by atoms with van der Waals surface area (Å²) in [5.41, 5.74) is 2.17. The first-order chi connectivity index (χ1) is 8.84. The number of nitrogens with zero attached hydrogens (tertiary/aromatic N) is 3. The number of hydrogen-bond donors (Lipinski definition) is 2. The van der Waals surface area contributed by atoms with E-state index in [1.54, 1.807) is 6.20 Å². The predicted molar refractivity (Wildman–Crippen MR) is 69.8 cm³/mol. The maximum atomic E-state index is 4.28. The topological polar surface area (TPSA) is 58.5 Å². The Hall–Kier alpha value is -2.14. The Labute approximate surface area is 105 Å². The van der Waals surface area contributed by atoms with Gasteiger partial charge < -0.3 is 14.9 Å². The quantitative estimate of drug-likeness (QED) is 0.729. The fourth-order valence-electron chi connectivity index (χ4n) is 2.03. The molecule has 0 aliphatic carbocycles. The van der Waals surface area contributed by atoms with E-state index in [4.69, 9.17) is 0 Å². The lowest BCUT2D eigenvalue weighted by Gasteiger charge is -2.04. The number of hydrogen-bond acceptors (Lipinski definition) is 3. The molecule has 0 aliphatic rings. The summed E-state index contributed by atoms with van der Waals surface area (Å²) in [7, 11) is 2.00. The van der Waals surface area contributed by atoms with Crippen molar-refractivity contribution >= 4 is 11.0 Å². The molecule has 92 valence electrons. The molecule has 18 heavy (non-hydrogen) atoms. The van der Waals surface area contributed by atoms with Gasteiger partial charge in [0.05, 0.1) is 6.54 Å². The number of aromatic nitrogens is 4. The Morgan fingerprint density at radius 1 is 1.28 bits per heavy atom. The van der Waals surface area contributed by atoms with Crippen LogP contribution >= 0.6 is 0 Å². The van der Waals surface area contributed by atoms with E-state index in [-0.39, 0.29) is 0 Å². The molecule has 0 aromatic carbocycles. The van der Waals surface area contributed by atoms with E-state index in [1.165, 1.54) is 10.9 Å². The molecule has 0 spiro atoms. The number of fused-ring (bicyclic) bond motifs is 1. The van der Waals surface area contributed by atoms with Crippen molar-refractivity contribution in [3.05, 3.63) is 48.3 Å². The molecular formula is C13H15N5. The number of H-pyrrole nitrogens is 1. The first kappa shape index (κ1) is 11.0. The van der Waals surface area contributed by atoms with Crippen LogP contribution in [0.3, 0.4) is 0 Å². The summed E-state index contributed by atoms with van der Waals surface area (Å²) >= 11 is 0. The van der Waals surface area contributed by atoms with Gasteiger partial charge in [0.1, 0.15) is 11.5 Å². The fourth-order valence-corrected chi connectivity index (χ4v) is 2.03. The van der Waals surface area contributed by atoms with Crippen molar-refractivity contribution in [3.8, 4) is 0 Å². The summed E-state index contributed by atoms with van der Waals surface area (Å²) in [4.78, 5) is 11.7. The summed E-state index contributed by atoms with van der Waals surface area (Å²) in [5.74, 6) is 1.04. The van der Waals surface area contributed by atoms with E-state index in [1.807, 2.05) is 36.3 Å². The molecule has 0 amide bonds. The molecule has 3 aromatic rings. The minimum Gasteiger partial charge on any atom is -0.346 e. The van der Waals surface area contributed by atoms with Crippen LogP contribution < -0.4 is 5.32 Å². The molecule has 5 heteroatoms. The predicted octanol–water partition coefficient (Wildman–Crippen LogP) is 1.59. The lowest BCUT2D eigenvalue weighted by Crippen LogP contribution is -2.15. The summed E-state index contributed by atoms with van der Waals surface area (Å²) in [5, 5.41) is 4.56. The Morgan fingerprint density at radius 2 is 2.22 bits per heavy atom. The summed E-state index contributed by atoms with van der Waals surface area (Å²) in [6, 6.07) is 4.04. The van der Waals surface area contributed by atoms with Gasteiger partial charge in [0.25, 0.3) is 0 Å². The normalized spacial score (nSPS) is 11.2. The molecule has 0 radical (unpaired) electrons. The SMILES string of the molecule is Cn1ccnc1CNCc1c[nH]c2ncccc12. The molecule has 3 heterocycles. The second kappa shape index (κ2) is 4.62. The molecule has 0 bridgehead atoms. The highest BCUT2D eigenvalue weighted by Crippen LogP contribution is 2.15. The summed E-state index contributed by atoms with van der Waals surface area (Å²) < 4.78 is 2.02. The number of imidazole rings is 1. The van der Waals surface area contributed by atoms with Crippen LogP contribution in [0.15, 0.2) is 36.9 Å². The molecule has 3 rings (SSSR count). The highest BCUT2D eigenvalue weighted by atomic mass is 15.1. The van der Waals surface area contributed by atoms with Crippen molar-refractivity contribution < 1.29 is 0 Å². The average Bonchev–Trinajstić information content (AvgIpc) is 2.97. The van der Waals surface area contributed by atoms with Crippen LogP contribution in [0.25, 0.3) is 11.0 Å². The Morgan fingerprint density at radius 3 is 3.06 bits per heavy atom. The highest BCUT2D eigenvalue weighted by molar-refractivity contribution is 5.79. The first-order valence-electron chi connectivity index (χ1n) is 5.92. The van der Waals surface area contributed by atoms with Crippen LogP contribution in [-0.2, 0) is 20.1 Å².